The van der Waals surface area contributed by atoms with E-state index in [0.717, 1.165) is 17.2 Å². The second-order valence-electron chi connectivity index (χ2n) is 32.0. The number of hydrogen-bond acceptors (Lipinski definition) is 3. The number of hydrogen-bond donors (Lipinski definition) is 0. The molecular weight excluding hydrogens is 1530 g/mol. The first-order chi connectivity index (χ1) is 61.1. The van der Waals surface area contributed by atoms with E-state index < -0.39 is 0 Å². The van der Waals surface area contributed by atoms with E-state index >= 15 is 0 Å². The number of nitrogens with zero attached hydrogens (tertiary/aromatic N) is 8. The first kappa shape index (κ1) is 69.1. The van der Waals surface area contributed by atoms with E-state index in [1.807, 2.05) is 28.9 Å². The number of thiophene rings is 2. The van der Waals surface area contributed by atoms with Gasteiger partial charge in [-0.1, -0.05) is 243 Å². The van der Waals surface area contributed by atoms with Gasteiger partial charge in [0.25, 0.3) is 0 Å². The molecule has 10 heteroatoms. The lowest BCUT2D eigenvalue weighted by Gasteiger charge is -2.13. The Morgan fingerprint density at radius 3 is 0.642 bits per heavy atom. The summed E-state index contributed by atoms with van der Waals surface area (Å²) in [6.07, 6.45) is 1.96. The summed E-state index contributed by atoms with van der Waals surface area (Å²) in [7, 11) is 0. The number of benzene rings is 18. The van der Waals surface area contributed by atoms with Crippen LogP contribution in [-0.4, -0.2) is 37.0 Å². The van der Waals surface area contributed by atoms with Crippen LogP contribution in [-0.2, 0) is 0 Å². The largest absolute Gasteiger partial charge is 0.309 e. The topological polar surface area (TPSA) is 47.4 Å². The highest BCUT2D eigenvalue weighted by atomic mass is 32.1. The third kappa shape index (κ3) is 10.5. The minimum absolute atomic E-state index is 0.990. The van der Waals surface area contributed by atoms with Crippen LogP contribution in [0.3, 0.4) is 0 Å². The predicted molar refractivity (Wildman–Crippen MR) is 523 cm³/mol. The number of aromatic nitrogens is 8. The van der Waals surface area contributed by atoms with E-state index in [-0.39, 0.29) is 0 Å². The van der Waals surface area contributed by atoms with Crippen molar-refractivity contribution < 1.29 is 0 Å². The van der Waals surface area contributed by atoms with Gasteiger partial charge in [0, 0.05) is 151 Å². The van der Waals surface area contributed by atoms with E-state index in [2.05, 4.69) is 451 Å². The van der Waals surface area contributed by atoms with Crippen molar-refractivity contribution in [2.75, 3.05) is 0 Å². The number of fused-ring (bicyclic) bond motifs is 27. The molecule has 0 saturated carbocycles. The van der Waals surface area contributed by atoms with Crippen molar-refractivity contribution >= 4 is 216 Å². The molecule has 123 heavy (non-hydrogen) atoms. The zero-order valence-corrected chi connectivity index (χ0v) is 67.9. The summed E-state index contributed by atoms with van der Waals surface area (Å²) >= 11 is 3.69. The average Bonchev–Trinajstić information content (AvgIpc) is 1.58. The molecule has 28 aromatic rings. The fraction of sp³-hybridized carbons (Fsp3) is 0. The highest BCUT2D eigenvalue weighted by Crippen LogP contribution is 2.46. The first-order valence-corrected chi connectivity index (χ1v) is 43.5. The monoisotopic (exact) mass is 1600 g/mol. The van der Waals surface area contributed by atoms with Crippen LogP contribution >= 0.6 is 22.7 Å². The summed E-state index contributed by atoms with van der Waals surface area (Å²) in [6.45, 7) is 0. The van der Waals surface area contributed by atoms with Crippen LogP contribution in [0.5, 0.6) is 0 Å². The molecular formula is C113H70N8S2. The van der Waals surface area contributed by atoms with E-state index in [4.69, 9.17) is 4.98 Å². The smallest absolute Gasteiger partial charge is 0.155 e. The van der Waals surface area contributed by atoms with E-state index in [1.54, 1.807) is 0 Å². The lowest BCUT2D eigenvalue weighted by molar-refractivity contribution is 1.11. The molecule has 0 fully saturated rings. The van der Waals surface area contributed by atoms with Gasteiger partial charge in [0.1, 0.15) is 0 Å². The second-order valence-corrected chi connectivity index (χ2v) is 34.2. The fourth-order valence-corrected chi connectivity index (χ4v) is 22.5. The molecule has 10 heterocycles. The Hall–Kier alpha value is -15.9. The van der Waals surface area contributed by atoms with Crippen molar-refractivity contribution in [2.24, 2.45) is 0 Å². The van der Waals surface area contributed by atoms with Crippen molar-refractivity contribution in [2.45, 2.75) is 0 Å². The minimum atomic E-state index is 0.990. The summed E-state index contributed by atoms with van der Waals surface area (Å²) in [6, 6.07) is 152. The highest BCUT2D eigenvalue weighted by molar-refractivity contribution is 7.26. The standard InChI is InChI=1S/C42H27N3.C36H22N2S.C35H21N3S/c1-6-19-37-31(14-1)32-15-2-7-20-38(32)43(37)28-12-11-13-29(26-28)44-41-23-10-5-18-35(41)36-27-30(24-25-42(36)44)45-39-21-8-3-16-33(39)34-17-4-9-22-40(34)45;1-5-13-31-25(9-1)26-10-2-6-14-32(26)37(31)23-17-19-35-29(21-23)30-22-24(18-20-36(30)39-35)38-33-15-7-3-11-27(33)28-12-4-8-16-34(28)38;1-5-13-29-23(9-1)24-10-2-6-14-30(24)37(29)22-17-18-33-28(21-22)27-19-20-36-35(34(27)39-33)38-31-15-7-3-11-25(31)26-12-4-8-16-32(26)38/h1-27H;1-22H;1-21H. The molecule has 10 aromatic heterocycles. The minimum Gasteiger partial charge on any atom is -0.309 e. The van der Waals surface area contributed by atoms with Gasteiger partial charge in [-0.25, -0.2) is 4.98 Å². The molecule has 0 bridgehead atoms. The molecule has 0 aliphatic heterocycles. The molecule has 8 nitrogen and oxygen atoms in total. The van der Waals surface area contributed by atoms with Crippen LogP contribution in [0.15, 0.2) is 425 Å². The lowest BCUT2D eigenvalue weighted by Crippen LogP contribution is -1.99. The van der Waals surface area contributed by atoms with Gasteiger partial charge >= 0.3 is 0 Å². The third-order valence-corrected chi connectivity index (χ3v) is 27.8. The molecule has 0 atom stereocenters. The van der Waals surface area contributed by atoms with Gasteiger partial charge in [-0.3, -0.25) is 4.57 Å². The molecule has 0 aliphatic carbocycles. The van der Waals surface area contributed by atoms with Crippen LogP contribution in [0.4, 0.5) is 0 Å². The first-order valence-electron chi connectivity index (χ1n) is 41.9. The molecule has 0 spiro atoms. The normalized spacial score (nSPS) is 12.1. The molecule has 0 aliphatic rings. The van der Waals surface area contributed by atoms with Crippen LogP contribution < -0.4 is 0 Å². The highest BCUT2D eigenvalue weighted by Gasteiger charge is 2.24. The van der Waals surface area contributed by atoms with E-state index in [1.165, 1.54) is 216 Å². The molecule has 0 unspecified atom stereocenters. The lowest BCUT2D eigenvalue weighted by atomic mass is 10.1. The fourth-order valence-electron chi connectivity index (χ4n) is 20.3. The van der Waals surface area contributed by atoms with Crippen molar-refractivity contribution in [3.05, 3.63) is 425 Å². The van der Waals surface area contributed by atoms with Crippen molar-refractivity contribution in [1.82, 2.24) is 37.0 Å². The van der Waals surface area contributed by atoms with Gasteiger partial charge in [0.15, 0.2) is 5.82 Å². The maximum atomic E-state index is 4.97. The molecule has 0 amide bonds. The zero-order valence-electron chi connectivity index (χ0n) is 66.3. The molecule has 18 aromatic carbocycles. The Morgan fingerprint density at radius 1 is 0.146 bits per heavy atom. The Bertz CT molecular complexity index is 8600. The average molecular weight is 1600 g/mol. The quantitative estimate of drug-likeness (QED) is 0.157. The molecule has 0 saturated heterocycles. The Kier molecular flexibility index (Phi) is 15.4. The van der Waals surface area contributed by atoms with Crippen LogP contribution in [0, 0.1) is 0 Å². The number of para-hydroxylation sites is 13. The van der Waals surface area contributed by atoms with E-state index in [0.29, 0.717) is 0 Å². The van der Waals surface area contributed by atoms with Gasteiger partial charge in [-0.05, 0) is 176 Å². The summed E-state index contributed by atoms with van der Waals surface area (Å²) in [5.74, 6) is 0.990. The van der Waals surface area contributed by atoms with Crippen molar-refractivity contribution in [3.63, 3.8) is 0 Å². The molecule has 28 rings (SSSR count). The van der Waals surface area contributed by atoms with Gasteiger partial charge in [0.2, 0.25) is 0 Å². The predicted octanol–water partition coefficient (Wildman–Crippen LogP) is 30.9. The van der Waals surface area contributed by atoms with Gasteiger partial charge < -0.3 is 27.4 Å². The molecule has 574 valence electrons. The number of rotatable bonds is 7. The Morgan fingerprint density at radius 2 is 0.358 bits per heavy atom. The van der Waals surface area contributed by atoms with Crippen LogP contribution in [0.25, 0.3) is 233 Å². The maximum Gasteiger partial charge on any atom is 0.155 e. The van der Waals surface area contributed by atoms with Crippen molar-refractivity contribution in [3.8, 4) is 39.9 Å². The summed E-state index contributed by atoms with van der Waals surface area (Å²) in [5, 5.41) is 22.9. The summed E-state index contributed by atoms with van der Waals surface area (Å²) in [4.78, 5) is 4.97. The Balaban J connectivity index is 0.0000000993. The van der Waals surface area contributed by atoms with Crippen molar-refractivity contribution in [1.29, 1.82) is 0 Å². The third-order valence-electron chi connectivity index (χ3n) is 25.5. The van der Waals surface area contributed by atoms with Crippen LogP contribution in [0.1, 0.15) is 0 Å². The molecule has 0 N–H and O–H groups in total. The van der Waals surface area contributed by atoms with Gasteiger partial charge in [0.05, 0.1) is 81.9 Å². The Labute approximate surface area is 712 Å². The molecule has 0 radical (unpaired) electrons. The zero-order chi connectivity index (χ0) is 80.5. The second kappa shape index (κ2) is 27.4. The maximum absolute atomic E-state index is 4.97. The van der Waals surface area contributed by atoms with Gasteiger partial charge in [-0.2, -0.15) is 0 Å². The van der Waals surface area contributed by atoms with Crippen LogP contribution in [0.2, 0.25) is 0 Å². The summed E-state index contributed by atoms with van der Waals surface area (Å²) in [5.41, 5.74) is 24.1. The number of pyridine rings is 1. The van der Waals surface area contributed by atoms with Gasteiger partial charge in [-0.15, -0.1) is 22.7 Å². The summed E-state index contributed by atoms with van der Waals surface area (Å²) < 4.78 is 21.8. The van der Waals surface area contributed by atoms with E-state index in [9.17, 15) is 0 Å². The SMILES string of the molecule is c1cc(-n2c3ccccc3c3ccccc32)cc(-n2c3ccccc3c3cc(-n4c5ccccc5c5ccccc54)ccc32)c1.c1ccc2c(c1)c1ccccc1n2-c1ccc2sc3c(-n4c5ccccc5c5ccccc54)nccc3c2c1.c1ccc2c(c1)c1ccccc1n2-c1ccc2sc3ccc(-n4c5ccccc5c5ccccc54)cc3c2c1.